The zero-order valence-corrected chi connectivity index (χ0v) is 6.87. The minimum Gasteiger partial charge on any atom is -1.00 e. The third-order valence-electron chi connectivity index (χ3n) is 1.66. The maximum absolute atomic E-state index is 11.1. The van der Waals surface area contributed by atoms with Gasteiger partial charge in [0.2, 0.25) is 0 Å². The minimum absolute atomic E-state index is 0. The maximum atomic E-state index is 11.1. The number of hydrogen-bond donors (Lipinski definition) is 0. The Morgan fingerprint density at radius 3 is 2.83 bits per heavy atom. The van der Waals surface area contributed by atoms with E-state index in [1.165, 1.54) is 0 Å². The van der Waals surface area contributed by atoms with Crippen LogP contribution in [0, 0.1) is 0 Å². The molecule has 1 aromatic carbocycles. The number of allylic oxidation sites excluding steroid dienone is 2. The second-order valence-electron chi connectivity index (χ2n) is 2.39. The zero-order valence-electron chi connectivity index (χ0n) is 6.87. The predicted octanol–water partition coefficient (Wildman–Crippen LogP) is -0.613. The molecule has 54 valence electrons. The van der Waals surface area contributed by atoms with Gasteiger partial charge in [-0.1, -0.05) is 0 Å². The summed E-state index contributed by atoms with van der Waals surface area (Å²) in [5.74, 6) is 0.0445. The van der Waals surface area contributed by atoms with Gasteiger partial charge in [-0.15, -0.1) is 0 Å². The van der Waals surface area contributed by atoms with Crippen molar-refractivity contribution in [1.82, 2.24) is 0 Å². The zero-order chi connectivity index (χ0) is 7.68. The molecule has 2 rings (SSSR count). The monoisotopic (exact) mass is 149 g/mol. The van der Waals surface area contributed by atoms with E-state index in [1.54, 1.807) is 18.2 Å². The normalized spacial score (nSPS) is 11.3. The molecule has 0 fully saturated rings. The molecule has 0 unspecified atom stereocenters. The van der Waals surface area contributed by atoms with E-state index in [1.807, 2.05) is 18.2 Å². The second-order valence-corrected chi connectivity index (χ2v) is 2.39. The SMILES string of the molecule is [Li-].[O-]c1cccc2c1=[C+]C=CC=2. The van der Waals surface area contributed by atoms with Crippen LogP contribution in [0.3, 0.4) is 0 Å². The van der Waals surface area contributed by atoms with Gasteiger partial charge in [0.05, 0.1) is 11.3 Å². The molecule has 0 aliphatic heterocycles. The van der Waals surface area contributed by atoms with E-state index in [0.717, 1.165) is 5.22 Å². The molecular formula is C10H6LiO-. The molecule has 0 aromatic heterocycles. The van der Waals surface area contributed by atoms with E-state index in [0.29, 0.717) is 5.22 Å². The third kappa shape index (κ3) is 1.44. The average molecular weight is 149 g/mol. The molecule has 0 spiro atoms. The Hall–Kier alpha value is -0.993. The van der Waals surface area contributed by atoms with E-state index in [4.69, 9.17) is 0 Å². The third-order valence-corrected chi connectivity index (χ3v) is 1.66. The van der Waals surface area contributed by atoms with Gasteiger partial charge in [-0.25, -0.2) is 0 Å². The molecule has 1 aromatic rings. The Morgan fingerprint density at radius 1 is 1.25 bits per heavy atom. The fourth-order valence-corrected chi connectivity index (χ4v) is 1.12. The van der Waals surface area contributed by atoms with Gasteiger partial charge in [0.1, 0.15) is 0 Å². The molecule has 0 bridgehead atoms. The van der Waals surface area contributed by atoms with Gasteiger partial charge in [0.15, 0.2) is 5.22 Å². The van der Waals surface area contributed by atoms with Gasteiger partial charge in [0, 0.05) is 24.0 Å². The van der Waals surface area contributed by atoms with Crippen molar-refractivity contribution in [2.75, 3.05) is 0 Å². The first-order chi connectivity index (χ1) is 5.38. The summed E-state index contributed by atoms with van der Waals surface area (Å²) in [5.41, 5.74) is 0. The van der Waals surface area contributed by atoms with Crippen molar-refractivity contribution in [2.45, 2.75) is 0 Å². The first kappa shape index (κ1) is 9.10. The molecule has 12 heavy (non-hydrogen) atoms. The van der Waals surface area contributed by atoms with Crippen molar-refractivity contribution >= 4 is 31.0 Å². The molecule has 0 heterocycles. The number of benzene rings is 1. The summed E-state index contributed by atoms with van der Waals surface area (Å²) < 4.78 is 0. The van der Waals surface area contributed by atoms with Crippen molar-refractivity contribution in [2.24, 2.45) is 0 Å². The Kier molecular flexibility index (Phi) is 2.73. The van der Waals surface area contributed by atoms with Crippen molar-refractivity contribution in [3.8, 4) is 5.75 Å². The van der Waals surface area contributed by atoms with Gasteiger partial charge in [0.25, 0.3) is 0 Å². The van der Waals surface area contributed by atoms with Crippen LogP contribution in [-0.4, -0.2) is 18.9 Å². The van der Waals surface area contributed by atoms with Crippen LogP contribution in [0.5, 0.6) is 5.75 Å². The standard InChI is InChI=1S/C10H6O.Li/c11-10-7-3-5-8-4-1-2-6-9(8)10;/h1-5,7H;/q;-1. The van der Waals surface area contributed by atoms with E-state index >= 15 is 0 Å². The fraction of sp³-hybridized carbons (Fsp3) is 0. The first-order valence-electron chi connectivity index (χ1n) is 3.44. The molecule has 1 nitrogen and oxygen atoms in total. The van der Waals surface area contributed by atoms with Crippen molar-refractivity contribution in [1.29, 1.82) is 0 Å². The fourth-order valence-electron chi connectivity index (χ4n) is 1.12. The largest absolute Gasteiger partial charge is 1.00 e. The Bertz CT molecular complexity index is 418. The van der Waals surface area contributed by atoms with Gasteiger partial charge in [-0.3, -0.25) is 0 Å². The van der Waals surface area contributed by atoms with E-state index in [-0.39, 0.29) is 24.6 Å². The summed E-state index contributed by atoms with van der Waals surface area (Å²) in [4.78, 5) is 0. The Labute approximate surface area is 82.9 Å². The maximum Gasteiger partial charge on any atom is 0.150 e. The van der Waals surface area contributed by atoms with Crippen LogP contribution in [-0.2, 0) is 0 Å². The molecule has 2 radical (unpaired) electrons. The van der Waals surface area contributed by atoms with Crippen LogP contribution in [0.15, 0.2) is 30.4 Å². The summed E-state index contributed by atoms with van der Waals surface area (Å²) >= 11 is 0. The van der Waals surface area contributed by atoms with Gasteiger partial charge < -0.3 is 24.0 Å². The Morgan fingerprint density at radius 2 is 2.08 bits per heavy atom. The average Bonchev–Trinajstić information content (AvgIpc) is 2.06. The molecule has 0 atom stereocenters. The minimum atomic E-state index is 0. The van der Waals surface area contributed by atoms with Crippen LogP contribution >= 0.6 is 0 Å². The first-order valence-corrected chi connectivity index (χ1v) is 3.44. The van der Waals surface area contributed by atoms with Gasteiger partial charge in [-0.2, -0.15) is 0 Å². The van der Waals surface area contributed by atoms with E-state index < -0.39 is 0 Å². The molecule has 0 amide bonds. The van der Waals surface area contributed by atoms with Crippen LogP contribution in [0.1, 0.15) is 0 Å². The quantitative estimate of drug-likeness (QED) is 0.356. The number of rotatable bonds is 0. The molecule has 0 saturated heterocycles. The summed E-state index contributed by atoms with van der Waals surface area (Å²) in [6.45, 7) is 0. The molecule has 0 saturated carbocycles. The van der Waals surface area contributed by atoms with Crippen molar-refractivity contribution in [3.63, 3.8) is 0 Å². The summed E-state index contributed by atoms with van der Waals surface area (Å²) in [5, 5.41) is 12.8. The second kappa shape index (κ2) is 3.61. The number of hydrogen-bond acceptors (Lipinski definition) is 1. The van der Waals surface area contributed by atoms with Crippen LogP contribution in [0.2, 0.25) is 0 Å². The van der Waals surface area contributed by atoms with Gasteiger partial charge in [-0.05, 0) is 18.2 Å². The van der Waals surface area contributed by atoms with Crippen molar-refractivity contribution < 1.29 is 5.11 Å². The van der Waals surface area contributed by atoms with Gasteiger partial charge >= 0.3 is 0 Å². The molecule has 0 N–H and O–H groups in total. The van der Waals surface area contributed by atoms with Crippen LogP contribution < -0.4 is 15.5 Å². The topological polar surface area (TPSA) is 23.1 Å². The molecule has 2 heteroatoms. The summed E-state index contributed by atoms with van der Waals surface area (Å²) in [6.07, 6.45) is 8.45. The molecule has 1 aliphatic rings. The predicted molar refractivity (Wildman–Crippen MR) is 47.9 cm³/mol. The Balaban J connectivity index is 0.000000720. The summed E-state index contributed by atoms with van der Waals surface area (Å²) in [7, 11) is 0. The smallest absolute Gasteiger partial charge is 0.150 e. The van der Waals surface area contributed by atoms with Crippen LogP contribution in [0.4, 0.5) is 0 Å². The van der Waals surface area contributed by atoms with E-state index in [9.17, 15) is 5.11 Å². The van der Waals surface area contributed by atoms with Crippen LogP contribution in [0.25, 0.3) is 12.2 Å². The molecular weight excluding hydrogens is 143 g/mol. The molecule has 1 aliphatic carbocycles. The van der Waals surface area contributed by atoms with Crippen molar-refractivity contribution in [3.05, 3.63) is 40.8 Å². The number of fused-ring (bicyclic) bond motifs is 1. The summed E-state index contributed by atoms with van der Waals surface area (Å²) in [6, 6.07) is 5.23. The van der Waals surface area contributed by atoms with E-state index in [2.05, 4.69) is 6.08 Å².